The summed E-state index contributed by atoms with van der Waals surface area (Å²) in [5.41, 5.74) is 0.684. The molecule has 0 aliphatic carbocycles. The minimum atomic E-state index is -0.427. The van der Waals surface area contributed by atoms with Gasteiger partial charge in [0.2, 0.25) is 0 Å². The van der Waals surface area contributed by atoms with Crippen molar-refractivity contribution in [3.05, 3.63) is 57.8 Å². The van der Waals surface area contributed by atoms with Gasteiger partial charge in [-0.3, -0.25) is 0 Å². The molecule has 7 heteroatoms. The van der Waals surface area contributed by atoms with Gasteiger partial charge in [0.25, 0.3) is 0 Å². The quantitative estimate of drug-likeness (QED) is 0.745. The maximum atomic E-state index is 12.9. The Bertz CT molecular complexity index is 652. The zero-order valence-electron chi connectivity index (χ0n) is 11.4. The Morgan fingerprint density at radius 1 is 1.23 bits per heavy atom. The van der Waals surface area contributed by atoms with Gasteiger partial charge in [0.15, 0.2) is 0 Å². The third-order valence-corrected chi connectivity index (χ3v) is 3.47. The molecule has 0 unspecified atom stereocenters. The number of halogens is 3. The summed E-state index contributed by atoms with van der Waals surface area (Å²) in [5, 5.41) is 5.52. The Kier molecular flexibility index (Phi) is 6.03. The smallest absolute Gasteiger partial charge is 0.319 e. The number of carbonyl (C=O) groups is 1. The summed E-state index contributed by atoms with van der Waals surface area (Å²) in [4.78, 5) is 11.7. The molecule has 0 fully saturated rings. The van der Waals surface area contributed by atoms with Crippen molar-refractivity contribution >= 4 is 39.2 Å². The van der Waals surface area contributed by atoms with Gasteiger partial charge < -0.3 is 15.4 Å². The predicted octanol–water partition coefficient (Wildman–Crippen LogP) is 4.44. The summed E-state index contributed by atoms with van der Waals surface area (Å²) in [6, 6.07) is 10.7. The lowest BCUT2D eigenvalue weighted by Crippen LogP contribution is -2.32. The van der Waals surface area contributed by atoms with Gasteiger partial charge in [0.05, 0.1) is 11.6 Å². The van der Waals surface area contributed by atoms with Gasteiger partial charge in [-0.15, -0.1) is 0 Å². The van der Waals surface area contributed by atoms with Crippen molar-refractivity contribution in [1.29, 1.82) is 0 Å². The van der Waals surface area contributed by atoms with Crippen LogP contribution in [-0.2, 0) is 0 Å². The van der Waals surface area contributed by atoms with E-state index in [2.05, 4.69) is 26.6 Å². The van der Waals surface area contributed by atoms with Crippen molar-refractivity contribution in [3.63, 3.8) is 0 Å². The number of hydrogen-bond donors (Lipinski definition) is 2. The second-order valence-electron chi connectivity index (χ2n) is 4.31. The molecular weight excluding hydrogens is 375 g/mol. The third-order valence-electron chi connectivity index (χ3n) is 2.64. The fourth-order valence-electron chi connectivity index (χ4n) is 1.63. The number of nitrogens with one attached hydrogen (secondary N) is 2. The van der Waals surface area contributed by atoms with Gasteiger partial charge >= 0.3 is 6.03 Å². The SMILES string of the molecule is O=C(NCCOc1ccc(F)cc1Cl)Nc1ccc(Br)cc1. The molecule has 0 radical (unpaired) electrons. The molecule has 0 bridgehead atoms. The van der Waals surface area contributed by atoms with Crippen LogP contribution in [-0.4, -0.2) is 19.2 Å². The third kappa shape index (κ3) is 5.20. The molecule has 2 aromatic carbocycles. The fraction of sp³-hybridized carbons (Fsp3) is 0.133. The lowest BCUT2D eigenvalue weighted by Gasteiger charge is -2.10. The van der Waals surface area contributed by atoms with E-state index in [9.17, 15) is 9.18 Å². The highest BCUT2D eigenvalue weighted by atomic mass is 79.9. The summed E-state index contributed by atoms with van der Waals surface area (Å²) < 4.78 is 19.2. The topological polar surface area (TPSA) is 50.4 Å². The van der Waals surface area contributed by atoms with Gasteiger partial charge in [-0.25, -0.2) is 9.18 Å². The van der Waals surface area contributed by atoms with E-state index in [-0.39, 0.29) is 24.2 Å². The number of amides is 2. The Hall–Kier alpha value is -1.79. The largest absolute Gasteiger partial charge is 0.490 e. The molecular formula is C15H13BrClFN2O2. The standard InChI is InChI=1S/C15H13BrClFN2O2/c16-10-1-4-12(5-2-10)20-15(21)19-7-8-22-14-6-3-11(18)9-13(14)17/h1-6,9H,7-8H2,(H2,19,20,21). The van der Waals surface area contributed by atoms with Crippen LogP contribution in [0, 0.1) is 5.82 Å². The molecule has 0 aliphatic rings. The molecule has 0 heterocycles. The molecule has 4 nitrogen and oxygen atoms in total. The van der Waals surface area contributed by atoms with Crippen LogP contribution < -0.4 is 15.4 Å². The van der Waals surface area contributed by atoms with E-state index in [1.807, 2.05) is 12.1 Å². The highest BCUT2D eigenvalue weighted by Crippen LogP contribution is 2.24. The van der Waals surface area contributed by atoms with E-state index in [4.69, 9.17) is 16.3 Å². The number of benzene rings is 2. The Balaban J connectivity index is 1.72. The first-order chi connectivity index (χ1) is 10.5. The summed E-state index contributed by atoms with van der Waals surface area (Å²) in [7, 11) is 0. The molecule has 2 aromatic rings. The van der Waals surface area contributed by atoms with E-state index in [0.717, 1.165) is 4.47 Å². The second-order valence-corrected chi connectivity index (χ2v) is 5.63. The molecule has 2 N–H and O–H groups in total. The maximum absolute atomic E-state index is 12.9. The zero-order valence-corrected chi connectivity index (χ0v) is 13.7. The van der Waals surface area contributed by atoms with Crippen molar-refractivity contribution in [2.45, 2.75) is 0 Å². The molecule has 0 saturated heterocycles. The number of hydrogen-bond acceptors (Lipinski definition) is 2. The Morgan fingerprint density at radius 2 is 1.95 bits per heavy atom. The predicted molar refractivity (Wildman–Crippen MR) is 88.1 cm³/mol. The van der Waals surface area contributed by atoms with E-state index in [1.54, 1.807) is 12.1 Å². The minimum absolute atomic E-state index is 0.194. The molecule has 0 atom stereocenters. The fourth-order valence-corrected chi connectivity index (χ4v) is 2.11. The van der Waals surface area contributed by atoms with Gasteiger partial charge in [0, 0.05) is 10.2 Å². The van der Waals surface area contributed by atoms with E-state index >= 15 is 0 Å². The highest BCUT2D eigenvalue weighted by Gasteiger charge is 2.04. The molecule has 2 amide bonds. The average Bonchev–Trinajstić information content (AvgIpc) is 2.48. The molecule has 0 aliphatic heterocycles. The molecule has 116 valence electrons. The minimum Gasteiger partial charge on any atom is -0.490 e. The first kappa shape index (κ1) is 16.6. The highest BCUT2D eigenvalue weighted by molar-refractivity contribution is 9.10. The summed E-state index contributed by atoms with van der Waals surface area (Å²) in [6.45, 7) is 0.509. The summed E-state index contributed by atoms with van der Waals surface area (Å²) in [6.07, 6.45) is 0. The van der Waals surface area contributed by atoms with Crippen LogP contribution in [0.25, 0.3) is 0 Å². The Morgan fingerprint density at radius 3 is 2.64 bits per heavy atom. The average molecular weight is 388 g/mol. The second kappa shape index (κ2) is 8.00. The van der Waals surface area contributed by atoms with Crippen molar-refractivity contribution in [2.75, 3.05) is 18.5 Å². The monoisotopic (exact) mass is 386 g/mol. The van der Waals surface area contributed by atoms with Crippen LogP contribution in [0.2, 0.25) is 5.02 Å². The molecule has 2 rings (SSSR count). The maximum Gasteiger partial charge on any atom is 0.319 e. The van der Waals surface area contributed by atoms with E-state index in [1.165, 1.54) is 18.2 Å². The summed E-state index contributed by atoms with van der Waals surface area (Å²) >= 11 is 9.14. The molecule has 0 aromatic heterocycles. The van der Waals surface area contributed by atoms with Crippen LogP contribution >= 0.6 is 27.5 Å². The first-order valence-corrected chi connectivity index (χ1v) is 7.60. The first-order valence-electron chi connectivity index (χ1n) is 6.43. The number of anilines is 1. The van der Waals surface area contributed by atoms with Crippen LogP contribution in [0.4, 0.5) is 14.9 Å². The van der Waals surface area contributed by atoms with Crippen LogP contribution in [0.15, 0.2) is 46.9 Å². The number of carbonyl (C=O) groups excluding carboxylic acids is 1. The summed E-state index contributed by atoms with van der Waals surface area (Å²) in [5.74, 6) is -0.0532. The number of rotatable bonds is 5. The van der Waals surface area contributed by atoms with Gasteiger partial charge in [-0.1, -0.05) is 27.5 Å². The van der Waals surface area contributed by atoms with Crippen molar-refractivity contribution in [2.24, 2.45) is 0 Å². The van der Waals surface area contributed by atoms with Crippen molar-refractivity contribution < 1.29 is 13.9 Å². The van der Waals surface area contributed by atoms with Crippen LogP contribution in [0.3, 0.4) is 0 Å². The van der Waals surface area contributed by atoms with Gasteiger partial charge in [-0.2, -0.15) is 0 Å². The normalized spacial score (nSPS) is 10.1. The van der Waals surface area contributed by atoms with Crippen molar-refractivity contribution in [3.8, 4) is 5.75 Å². The molecule has 22 heavy (non-hydrogen) atoms. The molecule has 0 spiro atoms. The lowest BCUT2D eigenvalue weighted by atomic mass is 10.3. The van der Waals surface area contributed by atoms with Crippen molar-refractivity contribution in [1.82, 2.24) is 5.32 Å². The van der Waals surface area contributed by atoms with E-state index in [0.29, 0.717) is 11.4 Å². The van der Waals surface area contributed by atoms with Gasteiger partial charge in [-0.05, 0) is 42.5 Å². The van der Waals surface area contributed by atoms with Crippen LogP contribution in [0.1, 0.15) is 0 Å². The molecule has 0 saturated carbocycles. The Labute approximate surface area is 140 Å². The number of ether oxygens (including phenoxy) is 1. The number of urea groups is 1. The van der Waals surface area contributed by atoms with Crippen LogP contribution in [0.5, 0.6) is 5.75 Å². The van der Waals surface area contributed by atoms with Gasteiger partial charge in [0.1, 0.15) is 18.2 Å². The lowest BCUT2D eigenvalue weighted by molar-refractivity contribution is 0.247. The van der Waals surface area contributed by atoms with E-state index < -0.39 is 5.82 Å². The zero-order chi connectivity index (χ0) is 15.9.